The van der Waals surface area contributed by atoms with E-state index in [2.05, 4.69) is 6.92 Å². The summed E-state index contributed by atoms with van der Waals surface area (Å²) in [6.45, 7) is 9.55. The van der Waals surface area contributed by atoms with E-state index >= 15 is 0 Å². The Morgan fingerprint density at radius 3 is 2.40 bits per heavy atom. The molecule has 3 heteroatoms. The summed E-state index contributed by atoms with van der Waals surface area (Å²) in [5, 5.41) is 0. The lowest BCUT2D eigenvalue weighted by molar-refractivity contribution is -0.148. The Kier molecular flexibility index (Phi) is 5.96. The predicted octanol–water partition coefficient (Wildman–Crippen LogP) is 3.54. The van der Waals surface area contributed by atoms with Crippen molar-refractivity contribution in [2.75, 3.05) is 5.88 Å². The lowest BCUT2D eigenvalue weighted by Gasteiger charge is -2.18. The second-order valence-corrected chi connectivity index (χ2v) is 5.30. The Hall–Kier alpha value is -0.500. The molecular formula is C12H21ClO2. The van der Waals surface area contributed by atoms with E-state index in [1.807, 2.05) is 27.7 Å². The lowest BCUT2D eigenvalue weighted by Crippen LogP contribution is -2.22. The molecule has 0 fully saturated rings. The van der Waals surface area contributed by atoms with Crippen molar-refractivity contribution < 1.29 is 9.53 Å². The second kappa shape index (κ2) is 6.16. The van der Waals surface area contributed by atoms with E-state index in [-0.39, 0.29) is 5.97 Å². The first-order valence-corrected chi connectivity index (χ1v) is 5.74. The molecule has 0 saturated carbocycles. The van der Waals surface area contributed by atoms with Gasteiger partial charge in [0.1, 0.15) is 5.60 Å². The standard InChI is InChI=1S/C12H21ClO2/c1-9(6-10(2)8-13)7-11(14)15-12(3,4)5/h7,10H,6,8H2,1-5H3/b9-7-. The number of carbonyl (C=O) groups excluding carboxylic acids is 1. The smallest absolute Gasteiger partial charge is 0.331 e. The minimum Gasteiger partial charge on any atom is -0.457 e. The number of hydrogen-bond donors (Lipinski definition) is 0. The van der Waals surface area contributed by atoms with Gasteiger partial charge in [0.2, 0.25) is 0 Å². The monoisotopic (exact) mass is 232 g/mol. The summed E-state index contributed by atoms with van der Waals surface area (Å²) in [5.74, 6) is 0.728. The quantitative estimate of drug-likeness (QED) is 0.421. The molecule has 0 aromatic rings. The van der Waals surface area contributed by atoms with Crippen LogP contribution < -0.4 is 0 Å². The maximum absolute atomic E-state index is 11.4. The SMILES string of the molecule is C/C(=C/C(=O)OC(C)(C)C)CC(C)CCl. The van der Waals surface area contributed by atoms with E-state index in [1.54, 1.807) is 6.08 Å². The Bertz CT molecular complexity index is 238. The van der Waals surface area contributed by atoms with Crippen LogP contribution in [0.25, 0.3) is 0 Å². The first kappa shape index (κ1) is 14.5. The van der Waals surface area contributed by atoms with Crippen LogP contribution in [0.3, 0.4) is 0 Å². The fourth-order valence-corrected chi connectivity index (χ4v) is 1.30. The highest BCUT2D eigenvalue weighted by Gasteiger charge is 2.14. The number of ether oxygens (including phenoxy) is 1. The normalized spacial score (nSPS) is 14.9. The van der Waals surface area contributed by atoms with Gasteiger partial charge in [-0.1, -0.05) is 12.5 Å². The van der Waals surface area contributed by atoms with Crippen molar-refractivity contribution in [3.05, 3.63) is 11.6 Å². The van der Waals surface area contributed by atoms with E-state index in [4.69, 9.17) is 16.3 Å². The van der Waals surface area contributed by atoms with E-state index in [0.29, 0.717) is 11.8 Å². The molecule has 1 atom stereocenters. The van der Waals surface area contributed by atoms with Crippen LogP contribution in [0.1, 0.15) is 41.0 Å². The largest absolute Gasteiger partial charge is 0.457 e. The first-order chi connectivity index (χ1) is 6.74. The number of esters is 1. The third-order valence-corrected chi connectivity index (χ3v) is 2.23. The van der Waals surface area contributed by atoms with Crippen LogP contribution >= 0.6 is 11.6 Å². The van der Waals surface area contributed by atoms with Crippen molar-refractivity contribution in [3.8, 4) is 0 Å². The molecule has 0 amide bonds. The summed E-state index contributed by atoms with van der Waals surface area (Å²) in [6, 6.07) is 0. The highest BCUT2D eigenvalue weighted by molar-refractivity contribution is 6.18. The molecule has 0 N–H and O–H groups in total. The zero-order valence-electron chi connectivity index (χ0n) is 10.3. The third-order valence-electron chi connectivity index (χ3n) is 1.70. The van der Waals surface area contributed by atoms with Crippen LogP contribution in [0.4, 0.5) is 0 Å². The lowest BCUT2D eigenvalue weighted by atomic mass is 10.0. The molecule has 0 heterocycles. The van der Waals surface area contributed by atoms with Gasteiger partial charge in [0, 0.05) is 12.0 Å². The Morgan fingerprint density at radius 2 is 2.00 bits per heavy atom. The van der Waals surface area contributed by atoms with Gasteiger partial charge in [0.05, 0.1) is 0 Å². The molecule has 15 heavy (non-hydrogen) atoms. The van der Waals surface area contributed by atoms with E-state index < -0.39 is 5.60 Å². The minimum atomic E-state index is -0.425. The van der Waals surface area contributed by atoms with Gasteiger partial charge in [0.15, 0.2) is 0 Å². The Balaban J connectivity index is 4.18. The van der Waals surface area contributed by atoms with Gasteiger partial charge >= 0.3 is 5.97 Å². The summed E-state index contributed by atoms with van der Waals surface area (Å²) in [6.07, 6.45) is 2.39. The number of halogens is 1. The maximum atomic E-state index is 11.4. The van der Waals surface area contributed by atoms with Crippen LogP contribution in [-0.2, 0) is 9.53 Å². The van der Waals surface area contributed by atoms with Crippen LogP contribution in [0.5, 0.6) is 0 Å². The van der Waals surface area contributed by atoms with Crippen LogP contribution in [0.15, 0.2) is 11.6 Å². The average Bonchev–Trinajstić information content (AvgIpc) is 1.99. The number of carbonyl (C=O) groups is 1. The van der Waals surface area contributed by atoms with Gasteiger partial charge in [-0.15, -0.1) is 11.6 Å². The number of allylic oxidation sites excluding steroid dienone is 1. The zero-order chi connectivity index (χ0) is 12.1. The summed E-state index contributed by atoms with van der Waals surface area (Å²) in [4.78, 5) is 11.4. The second-order valence-electron chi connectivity index (χ2n) is 4.99. The average molecular weight is 233 g/mol. The van der Waals surface area contributed by atoms with Crippen LogP contribution in [-0.4, -0.2) is 17.5 Å². The van der Waals surface area contributed by atoms with E-state index in [9.17, 15) is 4.79 Å². The van der Waals surface area contributed by atoms with Crippen LogP contribution in [0, 0.1) is 5.92 Å². The topological polar surface area (TPSA) is 26.3 Å². The fourth-order valence-electron chi connectivity index (χ4n) is 1.20. The molecule has 0 saturated heterocycles. The van der Waals surface area contributed by atoms with Gasteiger partial charge in [-0.3, -0.25) is 0 Å². The zero-order valence-corrected chi connectivity index (χ0v) is 11.0. The van der Waals surface area contributed by atoms with Crippen molar-refractivity contribution in [2.45, 2.75) is 46.6 Å². The minimum absolute atomic E-state index is 0.276. The molecule has 88 valence electrons. The van der Waals surface area contributed by atoms with Gasteiger partial charge in [-0.05, 0) is 40.0 Å². The van der Waals surface area contributed by atoms with Crippen molar-refractivity contribution in [3.63, 3.8) is 0 Å². The summed E-state index contributed by atoms with van der Waals surface area (Å²) in [7, 11) is 0. The van der Waals surface area contributed by atoms with Crippen molar-refractivity contribution >= 4 is 17.6 Å². The predicted molar refractivity (Wildman–Crippen MR) is 64.1 cm³/mol. The van der Waals surface area contributed by atoms with Crippen LogP contribution in [0.2, 0.25) is 0 Å². The summed E-state index contributed by atoms with van der Waals surface area (Å²) < 4.78 is 5.18. The molecular weight excluding hydrogens is 212 g/mol. The third kappa shape index (κ3) is 8.49. The Labute approximate surface area is 97.6 Å². The highest BCUT2D eigenvalue weighted by Crippen LogP contribution is 2.13. The van der Waals surface area contributed by atoms with Crippen molar-refractivity contribution in [2.24, 2.45) is 5.92 Å². The number of hydrogen-bond acceptors (Lipinski definition) is 2. The van der Waals surface area contributed by atoms with E-state index in [0.717, 1.165) is 12.0 Å². The molecule has 0 bridgehead atoms. The van der Waals surface area contributed by atoms with Gasteiger partial charge in [-0.25, -0.2) is 4.79 Å². The maximum Gasteiger partial charge on any atom is 0.331 e. The fraction of sp³-hybridized carbons (Fsp3) is 0.750. The van der Waals surface area contributed by atoms with Gasteiger partial charge in [0.25, 0.3) is 0 Å². The molecule has 0 aromatic heterocycles. The number of alkyl halides is 1. The first-order valence-electron chi connectivity index (χ1n) is 5.20. The molecule has 1 unspecified atom stereocenters. The summed E-state index contributed by atoms with van der Waals surface area (Å²) in [5.41, 5.74) is 0.587. The molecule has 0 aliphatic rings. The molecule has 0 spiro atoms. The highest BCUT2D eigenvalue weighted by atomic mass is 35.5. The van der Waals surface area contributed by atoms with E-state index in [1.165, 1.54) is 0 Å². The molecule has 2 nitrogen and oxygen atoms in total. The molecule has 0 radical (unpaired) electrons. The summed E-state index contributed by atoms with van der Waals surface area (Å²) >= 11 is 5.70. The molecule has 0 aliphatic carbocycles. The molecule has 0 aromatic carbocycles. The number of rotatable bonds is 4. The Morgan fingerprint density at radius 1 is 1.47 bits per heavy atom. The van der Waals surface area contributed by atoms with Gasteiger partial charge < -0.3 is 4.74 Å². The van der Waals surface area contributed by atoms with Crippen molar-refractivity contribution in [1.29, 1.82) is 0 Å². The molecule has 0 aliphatic heterocycles. The van der Waals surface area contributed by atoms with Gasteiger partial charge in [-0.2, -0.15) is 0 Å². The molecule has 0 rings (SSSR count). The van der Waals surface area contributed by atoms with Crippen molar-refractivity contribution in [1.82, 2.24) is 0 Å².